The van der Waals surface area contributed by atoms with Crippen molar-refractivity contribution in [3.8, 4) is 11.3 Å². The lowest BCUT2D eigenvalue weighted by Crippen LogP contribution is -2.31. The van der Waals surface area contributed by atoms with Crippen molar-refractivity contribution < 1.29 is 17.9 Å². The standard InChI is InChI=1S/C28H26F3N3O2/c1-33-18-34(15-22(33)17-36-16-19-7-3-2-4-8-19)21-12-11-20-13-26(32-27(35)24(20)14-21)23-9-5-6-10-25(23)28(29,30)31/h2-14,22H,15-18H2,1H3,(H,32,35). The molecule has 0 radical (unpaired) electrons. The predicted octanol–water partition coefficient (Wildman–Crippen LogP) is 5.51. The van der Waals surface area contributed by atoms with Crippen molar-refractivity contribution in [3.05, 3.63) is 100 Å². The van der Waals surface area contributed by atoms with Gasteiger partial charge >= 0.3 is 6.18 Å². The molecule has 1 atom stereocenters. The molecule has 1 N–H and O–H groups in total. The highest BCUT2D eigenvalue weighted by molar-refractivity contribution is 5.88. The van der Waals surface area contributed by atoms with Gasteiger partial charge in [0.25, 0.3) is 5.56 Å². The van der Waals surface area contributed by atoms with E-state index in [9.17, 15) is 18.0 Å². The summed E-state index contributed by atoms with van der Waals surface area (Å²) in [6.07, 6.45) is -4.52. The van der Waals surface area contributed by atoms with E-state index in [-0.39, 0.29) is 17.3 Å². The summed E-state index contributed by atoms with van der Waals surface area (Å²) < 4.78 is 46.4. The highest BCUT2D eigenvalue weighted by Gasteiger charge is 2.33. The van der Waals surface area contributed by atoms with Crippen LogP contribution in [0.1, 0.15) is 11.1 Å². The maximum atomic E-state index is 13.5. The van der Waals surface area contributed by atoms with Crippen LogP contribution in [-0.4, -0.2) is 42.8 Å². The molecule has 0 bridgehead atoms. The number of benzene rings is 3. The molecule has 5 rings (SSSR count). The summed E-state index contributed by atoms with van der Waals surface area (Å²) in [6.45, 7) is 2.56. The van der Waals surface area contributed by atoms with Gasteiger partial charge in [0, 0.05) is 28.9 Å². The molecule has 1 fully saturated rings. The Labute approximate surface area is 206 Å². The van der Waals surface area contributed by atoms with Crippen molar-refractivity contribution in [2.75, 3.05) is 31.8 Å². The number of likely N-dealkylation sites (N-methyl/N-ethyl adjacent to an activating group) is 1. The number of halogens is 3. The van der Waals surface area contributed by atoms with E-state index in [2.05, 4.69) is 14.8 Å². The molecule has 0 spiro atoms. The number of anilines is 1. The minimum atomic E-state index is -4.52. The molecule has 3 aromatic carbocycles. The molecular formula is C28H26F3N3O2. The number of nitrogens with one attached hydrogen (secondary N) is 1. The number of hydrogen-bond acceptors (Lipinski definition) is 4. The first-order valence-electron chi connectivity index (χ1n) is 11.7. The van der Waals surface area contributed by atoms with Crippen molar-refractivity contribution >= 4 is 16.5 Å². The molecule has 2 heterocycles. The van der Waals surface area contributed by atoms with Crippen LogP contribution in [0.4, 0.5) is 18.9 Å². The van der Waals surface area contributed by atoms with Gasteiger partial charge < -0.3 is 14.6 Å². The number of ether oxygens (including phenoxy) is 1. The summed E-state index contributed by atoms with van der Waals surface area (Å²) in [7, 11) is 2.04. The Morgan fingerprint density at radius 1 is 1.00 bits per heavy atom. The number of pyridine rings is 1. The molecule has 1 aliphatic heterocycles. The molecule has 1 unspecified atom stereocenters. The molecule has 8 heteroatoms. The lowest BCUT2D eigenvalue weighted by atomic mass is 10.0. The Morgan fingerprint density at radius 2 is 1.75 bits per heavy atom. The molecular weight excluding hydrogens is 467 g/mol. The van der Waals surface area contributed by atoms with Crippen molar-refractivity contribution in [2.24, 2.45) is 0 Å². The fourth-order valence-corrected chi connectivity index (χ4v) is 4.65. The molecule has 186 valence electrons. The van der Waals surface area contributed by atoms with Gasteiger partial charge in [-0.05, 0) is 42.3 Å². The van der Waals surface area contributed by atoms with E-state index in [0.717, 1.165) is 23.9 Å². The maximum Gasteiger partial charge on any atom is 0.417 e. The number of rotatable bonds is 6. The minimum absolute atomic E-state index is 0.0485. The van der Waals surface area contributed by atoms with E-state index in [1.165, 1.54) is 18.2 Å². The van der Waals surface area contributed by atoms with E-state index in [0.29, 0.717) is 30.7 Å². The molecule has 0 saturated carbocycles. The molecule has 4 aromatic rings. The highest BCUT2D eigenvalue weighted by Crippen LogP contribution is 2.36. The topological polar surface area (TPSA) is 48.6 Å². The summed E-state index contributed by atoms with van der Waals surface area (Å²) in [5.74, 6) is 0. The number of alkyl halides is 3. The number of aromatic amines is 1. The molecule has 0 amide bonds. The zero-order valence-electron chi connectivity index (χ0n) is 19.8. The Bertz CT molecular complexity index is 1420. The van der Waals surface area contributed by atoms with Gasteiger partial charge in [0.2, 0.25) is 0 Å². The zero-order valence-corrected chi connectivity index (χ0v) is 19.8. The van der Waals surface area contributed by atoms with Gasteiger partial charge in [-0.1, -0.05) is 54.6 Å². The normalized spacial score (nSPS) is 16.7. The molecule has 1 aliphatic rings. The van der Waals surface area contributed by atoms with Crippen LogP contribution in [0.5, 0.6) is 0 Å². The first-order chi connectivity index (χ1) is 17.3. The van der Waals surface area contributed by atoms with Crippen LogP contribution in [0.2, 0.25) is 0 Å². The summed E-state index contributed by atoms with van der Waals surface area (Å²) in [5.41, 5.74) is 0.904. The molecule has 36 heavy (non-hydrogen) atoms. The first kappa shape index (κ1) is 24.1. The Balaban J connectivity index is 1.34. The third-order valence-corrected chi connectivity index (χ3v) is 6.59. The maximum absolute atomic E-state index is 13.5. The van der Waals surface area contributed by atoms with E-state index in [1.807, 2.05) is 43.4 Å². The third-order valence-electron chi connectivity index (χ3n) is 6.59. The molecule has 5 nitrogen and oxygen atoms in total. The summed E-state index contributed by atoms with van der Waals surface area (Å²) in [4.78, 5) is 19.9. The van der Waals surface area contributed by atoms with Crippen LogP contribution in [0.3, 0.4) is 0 Å². The highest BCUT2D eigenvalue weighted by atomic mass is 19.4. The van der Waals surface area contributed by atoms with Gasteiger partial charge in [-0.2, -0.15) is 13.2 Å². The van der Waals surface area contributed by atoms with E-state index in [1.54, 1.807) is 18.2 Å². The fourth-order valence-electron chi connectivity index (χ4n) is 4.65. The monoisotopic (exact) mass is 493 g/mol. The van der Waals surface area contributed by atoms with Crippen molar-refractivity contribution in [1.29, 1.82) is 0 Å². The predicted molar refractivity (Wildman–Crippen MR) is 135 cm³/mol. The van der Waals surface area contributed by atoms with Gasteiger partial charge in [-0.25, -0.2) is 0 Å². The van der Waals surface area contributed by atoms with Crippen LogP contribution >= 0.6 is 0 Å². The number of aromatic nitrogens is 1. The summed E-state index contributed by atoms with van der Waals surface area (Å²) in [6, 6.07) is 22.6. The Hall–Kier alpha value is -3.62. The van der Waals surface area contributed by atoms with Gasteiger partial charge in [-0.3, -0.25) is 9.69 Å². The second-order valence-electron chi connectivity index (χ2n) is 9.10. The van der Waals surface area contributed by atoms with Gasteiger partial charge in [0.05, 0.1) is 31.5 Å². The fraction of sp³-hybridized carbons (Fsp3) is 0.250. The van der Waals surface area contributed by atoms with Crippen molar-refractivity contribution in [2.45, 2.75) is 18.8 Å². The van der Waals surface area contributed by atoms with Gasteiger partial charge in [-0.15, -0.1) is 0 Å². The third kappa shape index (κ3) is 5.01. The summed E-state index contributed by atoms with van der Waals surface area (Å²) >= 11 is 0. The van der Waals surface area contributed by atoms with Crippen LogP contribution in [0.25, 0.3) is 22.0 Å². The van der Waals surface area contributed by atoms with E-state index < -0.39 is 17.3 Å². The summed E-state index contributed by atoms with van der Waals surface area (Å²) in [5, 5.41) is 1.02. The number of nitrogens with zero attached hydrogens (tertiary/aromatic N) is 2. The average Bonchev–Trinajstić information content (AvgIpc) is 3.24. The van der Waals surface area contributed by atoms with Crippen molar-refractivity contribution in [1.82, 2.24) is 9.88 Å². The number of H-pyrrole nitrogens is 1. The first-order valence-corrected chi connectivity index (χ1v) is 11.7. The van der Waals surface area contributed by atoms with Crippen LogP contribution in [-0.2, 0) is 17.5 Å². The quantitative estimate of drug-likeness (QED) is 0.385. The van der Waals surface area contributed by atoms with Crippen LogP contribution in [0, 0.1) is 0 Å². The minimum Gasteiger partial charge on any atom is -0.375 e. The average molecular weight is 494 g/mol. The SMILES string of the molecule is CN1CN(c2ccc3cc(-c4ccccc4C(F)(F)F)[nH]c(=O)c3c2)CC1COCc1ccccc1. The molecule has 1 saturated heterocycles. The zero-order chi connectivity index (χ0) is 25.3. The number of fused-ring (bicyclic) bond motifs is 1. The smallest absolute Gasteiger partial charge is 0.375 e. The van der Waals surface area contributed by atoms with Gasteiger partial charge in [0.1, 0.15) is 0 Å². The lowest BCUT2D eigenvalue weighted by molar-refractivity contribution is -0.137. The Morgan fingerprint density at radius 3 is 2.53 bits per heavy atom. The Kier molecular flexibility index (Phi) is 6.55. The number of hydrogen-bond donors (Lipinski definition) is 1. The second kappa shape index (κ2) is 9.79. The van der Waals surface area contributed by atoms with E-state index in [4.69, 9.17) is 4.74 Å². The van der Waals surface area contributed by atoms with Gasteiger partial charge in [0.15, 0.2) is 0 Å². The van der Waals surface area contributed by atoms with Crippen LogP contribution < -0.4 is 10.5 Å². The molecule has 0 aliphatic carbocycles. The second-order valence-corrected chi connectivity index (χ2v) is 9.10. The largest absolute Gasteiger partial charge is 0.417 e. The van der Waals surface area contributed by atoms with Crippen molar-refractivity contribution in [3.63, 3.8) is 0 Å². The van der Waals surface area contributed by atoms with E-state index >= 15 is 0 Å². The lowest BCUT2D eigenvalue weighted by Gasteiger charge is -2.18. The van der Waals surface area contributed by atoms with Crippen LogP contribution in [0.15, 0.2) is 83.7 Å². The molecule has 1 aromatic heterocycles.